The fourth-order valence-corrected chi connectivity index (χ4v) is 3.12. The minimum Gasteiger partial charge on any atom is -0.393 e. The maximum Gasteiger partial charge on any atom is 0.146 e. The Morgan fingerprint density at radius 3 is 2.20 bits per heavy atom. The van der Waals surface area contributed by atoms with Crippen molar-refractivity contribution in [2.75, 3.05) is 18.0 Å². The zero-order chi connectivity index (χ0) is 17.8. The Morgan fingerprint density at radius 2 is 1.60 bits per heavy atom. The number of nitrogens with zero attached hydrogens (tertiary/aromatic N) is 1. The first-order valence-corrected chi connectivity index (χ1v) is 8.70. The molecule has 0 aliphatic carbocycles. The molecule has 3 rings (SSSR count). The molecule has 1 fully saturated rings. The Hall–Kier alpha value is -1.98. The molecule has 2 aromatic carbocycles. The number of piperidine rings is 1. The van der Waals surface area contributed by atoms with E-state index in [9.17, 15) is 13.9 Å². The van der Waals surface area contributed by atoms with Crippen molar-refractivity contribution in [1.29, 1.82) is 0 Å². The fraction of sp³-hybridized carbons (Fsp3) is 0.400. The SMILES string of the molecule is Cc1ccc(CNCc2ccc(N3CCC(O)CC3)c(F)c2)cc1F. The number of hydrogen-bond acceptors (Lipinski definition) is 3. The number of benzene rings is 2. The molecule has 1 heterocycles. The number of halogens is 2. The van der Waals surface area contributed by atoms with Crippen LogP contribution in [0.25, 0.3) is 0 Å². The summed E-state index contributed by atoms with van der Waals surface area (Å²) in [5, 5.41) is 12.8. The highest BCUT2D eigenvalue weighted by atomic mass is 19.1. The highest BCUT2D eigenvalue weighted by molar-refractivity contribution is 5.49. The van der Waals surface area contributed by atoms with Crippen LogP contribution in [0.2, 0.25) is 0 Å². The lowest BCUT2D eigenvalue weighted by molar-refractivity contribution is 0.145. The summed E-state index contributed by atoms with van der Waals surface area (Å²) >= 11 is 0. The van der Waals surface area contributed by atoms with E-state index in [1.165, 1.54) is 6.07 Å². The van der Waals surface area contributed by atoms with E-state index in [1.807, 2.05) is 17.0 Å². The number of anilines is 1. The Morgan fingerprint density at radius 1 is 1.00 bits per heavy atom. The van der Waals surface area contributed by atoms with Crippen LogP contribution in [0.4, 0.5) is 14.5 Å². The van der Waals surface area contributed by atoms with Crippen LogP contribution in [0.1, 0.15) is 29.5 Å². The summed E-state index contributed by atoms with van der Waals surface area (Å²) in [5.41, 5.74) is 2.95. The zero-order valence-electron chi connectivity index (χ0n) is 14.4. The molecule has 0 atom stereocenters. The van der Waals surface area contributed by atoms with Gasteiger partial charge in [0.05, 0.1) is 11.8 Å². The average Bonchev–Trinajstić information content (AvgIpc) is 2.59. The molecular weight excluding hydrogens is 322 g/mol. The number of aliphatic hydroxyl groups is 1. The molecule has 3 nitrogen and oxygen atoms in total. The van der Waals surface area contributed by atoms with Crippen molar-refractivity contribution in [3.8, 4) is 0 Å². The van der Waals surface area contributed by atoms with Gasteiger partial charge in [0, 0.05) is 26.2 Å². The van der Waals surface area contributed by atoms with Crippen LogP contribution >= 0.6 is 0 Å². The van der Waals surface area contributed by atoms with Gasteiger partial charge in [-0.25, -0.2) is 8.78 Å². The largest absolute Gasteiger partial charge is 0.393 e. The third-order valence-corrected chi connectivity index (χ3v) is 4.71. The van der Waals surface area contributed by atoms with Crippen LogP contribution in [0.5, 0.6) is 0 Å². The van der Waals surface area contributed by atoms with Gasteiger partial charge < -0.3 is 15.3 Å². The number of hydrogen-bond donors (Lipinski definition) is 2. The molecule has 0 amide bonds. The maximum absolute atomic E-state index is 14.4. The summed E-state index contributed by atoms with van der Waals surface area (Å²) in [5.74, 6) is -0.446. The van der Waals surface area contributed by atoms with Crippen molar-refractivity contribution < 1.29 is 13.9 Å². The number of rotatable bonds is 5. The van der Waals surface area contributed by atoms with Gasteiger partial charge >= 0.3 is 0 Å². The van der Waals surface area contributed by atoms with Gasteiger partial charge in [-0.05, 0) is 54.7 Å². The molecule has 2 aromatic rings. The van der Waals surface area contributed by atoms with Crippen LogP contribution in [-0.4, -0.2) is 24.3 Å². The molecule has 0 spiro atoms. The molecule has 134 valence electrons. The van der Waals surface area contributed by atoms with Crippen molar-refractivity contribution in [2.45, 2.75) is 39.0 Å². The van der Waals surface area contributed by atoms with Gasteiger partial charge in [-0.15, -0.1) is 0 Å². The molecule has 0 radical (unpaired) electrons. The predicted octanol–water partition coefficient (Wildman–Crippen LogP) is 3.52. The molecule has 1 aliphatic heterocycles. The smallest absolute Gasteiger partial charge is 0.146 e. The number of nitrogens with one attached hydrogen (secondary N) is 1. The predicted molar refractivity (Wildman–Crippen MR) is 95.5 cm³/mol. The van der Waals surface area contributed by atoms with Crippen molar-refractivity contribution in [1.82, 2.24) is 5.32 Å². The normalized spacial score (nSPS) is 15.6. The molecule has 1 aliphatic rings. The quantitative estimate of drug-likeness (QED) is 0.869. The maximum atomic E-state index is 14.4. The lowest BCUT2D eigenvalue weighted by Gasteiger charge is -2.31. The van der Waals surface area contributed by atoms with Gasteiger partial charge in [-0.1, -0.05) is 18.2 Å². The summed E-state index contributed by atoms with van der Waals surface area (Å²) in [4.78, 5) is 1.98. The van der Waals surface area contributed by atoms with Crippen molar-refractivity contribution in [3.05, 3.63) is 64.7 Å². The highest BCUT2D eigenvalue weighted by Gasteiger charge is 2.19. The molecule has 2 N–H and O–H groups in total. The molecule has 1 saturated heterocycles. The molecular formula is C20H24F2N2O. The van der Waals surface area contributed by atoms with Crippen LogP contribution in [-0.2, 0) is 13.1 Å². The highest BCUT2D eigenvalue weighted by Crippen LogP contribution is 2.24. The fourth-order valence-electron chi connectivity index (χ4n) is 3.12. The first-order valence-electron chi connectivity index (χ1n) is 8.70. The second-order valence-corrected chi connectivity index (χ2v) is 6.69. The Bertz CT molecular complexity index is 728. The number of aliphatic hydroxyl groups excluding tert-OH is 1. The minimum absolute atomic E-state index is 0.207. The summed E-state index contributed by atoms with van der Waals surface area (Å²) in [6.45, 7) is 4.14. The third-order valence-electron chi connectivity index (χ3n) is 4.71. The molecule has 0 aromatic heterocycles. The lowest BCUT2D eigenvalue weighted by Crippen LogP contribution is -2.36. The van der Waals surface area contributed by atoms with E-state index in [0.717, 1.165) is 11.1 Å². The monoisotopic (exact) mass is 346 g/mol. The van der Waals surface area contributed by atoms with Crippen LogP contribution in [0.3, 0.4) is 0 Å². The Labute approximate surface area is 147 Å². The zero-order valence-corrected chi connectivity index (χ0v) is 14.4. The van der Waals surface area contributed by atoms with Crippen molar-refractivity contribution >= 4 is 5.69 Å². The molecule has 5 heteroatoms. The molecule has 0 unspecified atom stereocenters. The first kappa shape index (κ1) is 17.8. The van der Waals surface area contributed by atoms with E-state index in [-0.39, 0.29) is 17.7 Å². The summed E-state index contributed by atoms with van der Waals surface area (Å²) in [7, 11) is 0. The lowest BCUT2D eigenvalue weighted by atomic mass is 10.1. The third kappa shape index (κ3) is 4.55. The first-order chi connectivity index (χ1) is 12.0. The second-order valence-electron chi connectivity index (χ2n) is 6.69. The van der Waals surface area contributed by atoms with E-state index in [0.29, 0.717) is 50.3 Å². The summed E-state index contributed by atoms with van der Waals surface area (Å²) in [6, 6.07) is 10.4. The number of aryl methyl sites for hydroxylation is 1. The van der Waals surface area contributed by atoms with E-state index >= 15 is 0 Å². The average molecular weight is 346 g/mol. The Balaban J connectivity index is 1.56. The molecule has 25 heavy (non-hydrogen) atoms. The van der Waals surface area contributed by atoms with Gasteiger partial charge in [-0.2, -0.15) is 0 Å². The van der Waals surface area contributed by atoms with E-state index in [2.05, 4.69) is 5.32 Å². The summed E-state index contributed by atoms with van der Waals surface area (Å²) < 4.78 is 27.9. The minimum atomic E-state index is -0.269. The van der Waals surface area contributed by atoms with Crippen LogP contribution < -0.4 is 10.2 Å². The molecule has 0 saturated carbocycles. The van der Waals surface area contributed by atoms with Crippen molar-refractivity contribution in [2.24, 2.45) is 0 Å². The van der Waals surface area contributed by atoms with Gasteiger partial charge in [-0.3, -0.25) is 0 Å². The molecule has 0 bridgehead atoms. The Kier molecular flexibility index (Phi) is 5.66. The van der Waals surface area contributed by atoms with E-state index in [1.54, 1.807) is 25.1 Å². The van der Waals surface area contributed by atoms with Gasteiger partial charge in [0.2, 0.25) is 0 Å². The summed E-state index contributed by atoms with van der Waals surface area (Å²) in [6.07, 6.45) is 1.08. The van der Waals surface area contributed by atoms with E-state index in [4.69, 9.17) is 0 Å². The second kappa shape index (κ2) is 7.93. The standard InChI is InChI=1S/C20H24F2N2O/c1-14-2-3-15(10-18(14)21)12-23-13-16-4-5-20(19(22)11-16)24-8-6-17(25)7-9-24/h2-5,10-11,17,23,25H,6-9,12-13H2,1H3. The van der Waals surface area contributed by atoms with Crippen LogP contribution in [0, 0.1) is 18.6 Å². The van der Waals surface area contributed by atoms with Crippen LogP contribution in [0.15, 0.2) is 36.4 Å². The topological polar surface area (TPSA) is 35.5 Å². The van der Waals surface area contributed by atoms with Crippen molar-refractivity contribution in [3.63, 3.8) is 0 Å². The van der Waals surface area contributed by atoms with Gasteiger partial charge in [0.1, 0.15) is 11.6 Å². The van der Waals surface area contributed by atoms with Gasteiger partial charge in [0.15, 0.2) is 0 Å². The van der Waals surface area contributed by atoms with E-state index < -0.39 is 0 Å². The van der Waals surface area contributed by atoms with Gasteiger partial charge in [0.25, 0.3) is 0 Å².